The average Bonchev–Trinajstić information content (AvgIpc) is 3.17. The van der Waals surface area contributed by atoms with Crippen LogP contribution in [0.5, 0.6) is 0 Å². The molecule has 0 unspecified atom stereocenters. The number of esters is 1. The summed E-state index contributed by atoms with van der Waals surface area (Å²) in [5.41, 5.74) is 3.38. The number of phosphoric ester groups is 2. The maximum absolute atomic E-state index is 12.9. The Balaban J connectivity index is 0.000000276. The van der Waals surface area contributed by atoms with Crippen LogP contribution >= 0.6 is 15.6 Å². The van der Waals surface area contributed by atoms with Gasteiger partial charge in [-0.15, -0.1) is 0 Å². The lowest BCUT2D eigenvalue weighted by Gasteiger charge is -2.18. The molecule has 14 heteroatoms. The summed E-state index contributed by atoms with van der Waals surface area (Å²) in [4.78, 5) is 21.7. The van der Waals surface area contributed by atoms with Crippen molar-refractivity contribution in [1.82, 2.24) is 0 Å². The van der Waals surface area contributed by atoms with Crippen LogP contribution in [0.15, 0.2) is 121 Å². The van der Waals surface area contributed by atoms with Crippen molar-refractivity contribution >= 4 is 27.6 Å². The summed E-state index contributed by atoms with van der Waals surface area (Å²) in [7, 11) is -6.25. The third kappa shape index (κ3) is 18.2. The largest absolute Gasteiger partial charge is 0.481 e. The third-order valence-corrected chi connectivity index (χ3v) is 9.49. The molecule has 0 atom stereocenters. The second-order valence-corrected chi connectivity index (χ2v) is 14.1. The maximum Gasteiger partial charge on any atom is 0.475 e. The number of methoxy groups -OCH3 is 1. The van der Waals surface area contributed by atoms with Gasteiger partial charge in [0.1, 0.15) is 0 Å². The van der Waals surface area contributed by atoms with Crippen LogP contribution in [-0.4, -0.2) is 37.4 Å². The Morgan fingerprint density at radius 3 is 1.06 bits per heavy atom. The van der Waals surface area contributed by atoms with Gasteiger partial charge in [0.05, 0.1) is 46.8 Å². The predicted molar refractivity (Wildman–Crippen MR) is 190 cm³/mol. The number of carboxylic acids is 1. The highest BCUT2D eigenvalue weighted by atomic mass is 31.2. The van der Waals surface area contributed by atoms with Crippen molar-refractivity contribution in [2.24, 2.45) is 0 Å². The smallest absolute Gasteiger partial charge is 0.475 e. The summed E-state index contributed by atoms with van der Waals surface area (Å²) < 4.78 is 62.6. The van der Waals surface area contributed by atoms with Gasteiger partial charge in [-0.05, 0) is 35.1 Å². The molecule has 4 rings (SSSR count). The third-order valence-electron chi connectivity index (χ3n) is 6.72. The van der Waals surface area contributed by atoms with E-state index in [1.165, 1.54) is 7.11 Å². The van der Waals surface area contributed by atoms with Crippen LogP contribution in [0.3, 0.4) is 0 Å². The van der Waals surface area contributed by atoms with Crippen LogP contribution in [-0.2, 0) is 77.0 Å². The summed E-state index contributed by atoms with van der Waals surface area (Å²) in [6.45, 7) is 0.397. The van der Waals surface area contributed by atoms with Gasteiger partial charge in [0.15, 0.2) is 0 Å². The lowest BCUT2D eigenvalue weighted by molar-refractivity contribution is -0.141. The van der Waals surface area contributed by atoms with Gasteiger partial charge >= 0.3 is 27.6 Å². The van der Waals surface area contributed by atoms with Gasteiger partial charge in [0.25, 0.3) is 0 Å². The van der Waals surface area contributed by atoms with Crippen molar-refractivity contribution in [3.05, 3.63) is 144 Å². The van der Waals surface area contributed by atoms with Gasteiger partial charge < -0.3 is 9.84 Å². The van der Waals surface area contributed by atoms with E-state index in [4.69, 9.17) is 32.2 Å². The zero-order valence-corrected chi connectivity index (χ0v) is 30.2. The molecule has 0 amide bonds. The van der Waals surface area contributed by atoms with E-state index >= 15 is 0 Å². The first-order valence-corrected chi connectivity index (χ1v) is 19.1. The molecular formula is C37H44O12P2. The van der Waals surface area contributed by atoms with Crippen LogP contribution in [0.1, 0.15) is 47.9 Å². The Morgan fingerprint density at radius 2 is 0.784 bits per heavy atom. The highest BCUT2D eigenvalue weighted by Crippen LogP contribution is 2.52. The zero-order chi connectivity index (χ0) is 36.6. The quantitative estimate of drug-likeness (QED) is 0.0465. The molecule has 0 radical (unpaired) electrons. The number of carbonyl (C=O) groups excluding carboxylic acids is 1. The van der Waals surface area contributed by atoms with Gasteiger partial charge in [-0.2, -0.15) is 0 Å². The first-order valence-electron chi connectivity index (χ1n) is 16.2. The highest BCUT2D eigenvalue weighted by Gasteiger charge is 2.28. The minimum atomic E-state index is -3.80. The van der Waals surface area contributed by atoms with Gasteiger partial charge in [-0.3, -0.25) is 36.7 Å². The first-order chi connectivity index (χ1) is 24.7. The molecule has 0 fully saturated rings. The van der Waals surface area contributed by atoms with E-state index in [2.05, 4.69) is 4.74 Å². The van der Waals surface area contributed by atoms with E-state index < -0.39 is 21.6 Å². The van der Waals surface area contributed by atoms with Crippen LogP contribution in [0.2, 0.25) is 0 Å². The Kier molecular flexibility index (Phi) is 19.1. The number of phosphoric acid groups is 2. The SMILES string of the molecule is COC(=O)CCCOP(=O)(OCc1ccccc1)OCc1ccccc1.O=C(O)CCCOP(=O)(OCc1ccccc1)OCc1ccccc1. The summed E-state index contributed by atoms with van der Waals surface area (Å²) in [6, 6.07) is 37.2. The molecule has 0 aliphatic rings. The van der Waals surface area contributed by atoms with Crippen molar-refractivity contribution in [2.75, 3.05) is 20.3 Å². The number of hydrogen-bond acceptors (Lipinski definition) is 11. The van der Waals surface area contributed by atoms with E-state index in [1.54, 1.807) is 0 Å². The minimum absolute atomic E-state index is 0.0207. The molecule has 0 spiro atoms. The fourth-order valence-corrected chi connectivity index (χ4v) is 6.41. The molecule has 4 aromatic rings. The fourth-order valence-electron chi connectivity index (χ4n) is 4.03. The standard InChI is InChI=1S/C19H23O6P.C18H21O6P/c1-22-19(20)13-8-14-23-26(21,24-15-17-9-4-2-5-10-17)25-16-18-11-6-3-7-12-18;19-18(20)12-7-13-22-25(21,23-14-16-8-3-1-4-9-16)24-15-17-10-5-2-6-11-17/h2-7,9-12H,8,13-16H2,1H3;1-6,8-11H,7,12-15H2,(H,19,20). The topological polar surface area (TPSA) is 153 Å². The first kappa shape index (κ1) is 41.5. The predicted octanol–water partition coefficient (Wildman–Crippen LogP) is 8.91. The van der Waals surface area contributed by atoms with E-state index in [-0.39, 0.29) is 64.9 Å². The molecule has 0 heterocycles. The highest BCUT2D eigenvalue weighted by molar-refractivity contribution is 7.48. The minimum Gasteiger partial charge on any atom is -0.481 e. The number of aliphatic carboxylic acids is 1. The number of rotatable bonds is 22. The second kappa shape index (κ2) is 23.5. The Bertz CT molecular complexity index is 1550. The second-order valence-electron chi connectivity index (χ2n) is 10.8. The van der Waals surface area contributed by atoms with E-state index in [9.17, 15) is 18.7 Å². The van der Waals surface area contributed by atoms with Crippen molar-refractivity contribution in [2.45, 2.75) is 52.1 Å². The van der Waals surface area contributed by atoms with Crippen LogP contribution in [0, 0.1) is 0 Å². The number of benzene rings is 4. The zero-order valence-electron chi connectivity index (χ0n) is 28.5. The van der Waals surface area contributed by atoms with Crippen molar-refractivity contribution < 1.29 is 55.7 Å². The Hall–Kier alpha value is -3.96. The number of carbonyl (C=O) groups is 2. The summed E-state index contributed by atoms with van der Waals surface area (Å²) >= 11 is 0. The lowest BCUT2D eigenvalue weighted by Crippen LogP contribution is -2.05. The molecule has 0 bridgehead atoms. The summed E-state index contributed by atoms with van der Waals surface area (Å²) in [6.07, 6.45) is 0.689. The van der Waals surface area contributed by atoms with Crippen molar-refractivity contribution in [1.29, 1.82) is 0 Å². The number of hydrogen-bond donors (Lipinski definition) is 1. The molecule has 274 valence electrons. The molecule has 1 N–H and O–H groups in total. The van der Waals surface area contributed by atoms with Crippen LogP contribution in [0.25, 0.3) is 0 Å². The van der Waals surface area contributed by atoms with Gasteiger partial charge in [-0.1, -0.05) is 121 Å². The van der Waals surface area contributed by atoms with E-state index in [1.807, 2.05) is 121 Å². The molecule has 12 nitrogen and oxygen atoms in total. The molecule has 0 aromatic heterocycles. The average molecular weight is 743 g/mol. The lowest BCUT2D eigenvalue weighted by atomic mass is 10.2. The summed E-state index contributed by atoms with van der Waals surface area (Å²) in [5.74, 6) is -1.28. The molecule has 0 aliphatic heterocycles. The number of ether oxygens (including phenoxy) is 1. The van der Waals surface area contributed by atoms with Gasteiger partial charge in [0, 0.05) is 12.8 Å². The normalized spacial score (nSPS) is 11.3. The molecule has 0 saturated heterocycles. The van der Waals surface area contributed by atoms with Gasteiger partial charge in [0.2, 0.25) is 0 Å². The Morgan fingerprint density at radius 1 is 0.490 bits per heavy atom. The van der Waals surface area contributed by atoms with Crippen molar-refractivity contribution in [3.8, 4) is 0 Å². The molecule has 51 heavy (non-hydrogen) atoms. The molecule has 0 aliphatic carbocycles. The maximum atomic E-state index is 12.9. The van der Waals surface area contributed by atoms with Crippen LogP contribution in [0.4, 0.5) is 0 Å². The monoisotopic (exact) mass is 742 g/mol. The van der Waals surface area contributed by atoms with Crippen molar-refractivity contribution in [3.63, 3.8) is 0 Å². The van der Waals surface area contributed by atoms with Crippen LogP contribution < -0.4 is 0 Å². The van der Waals surface area contributed by atoms with E-state index in [0.29, 0.717) is 6.42 Å². The molecule has 0 saturated carbocycles. The van der Waals surface area contributed by atoms with E-state index in [0.717, 1.165) is 22.3 Å². The molecule has 4 aromatic carbocycles. The summed E-state index contributed by atoms with van der Waals surface area (Å²) in [5, 5.41) is 8.66. The molecular weight excluding hydrogens is 698 g/mol. The fraction of sp³-hybridized carbons (Fsp3) is 0.297. The number of carboxylic acid groups (broad SMARTS) is 1. The Labute approximate surface area is 298 Å². The van der Waals surface area contributed by atoms with Gasteiger partial charge in [-0.25, -0.2) is 9.13 Å².